The Labute approximate surface area is 69.2 Å². The van der Waals surface area contributed by atoms with Gasteiger partial charge in [0.25, 0.3) is 0 Å². The molecule has 0 aliphatic carbocycles. The zero-order valence-corrected chi connectivity index (χ0v) is 7.58. The van der Waals surface area contributed by atoms with Gasteiger partial charge in [-0.3, -0.25) is 4.90 Å². The standard InChI is InChI=1S/C9H19NO/c1-3-4-8-5-6-9(7-11)10(8)2/h8-9,11H,3-7H2,1-2H3. The molecule has 1 fully saturated rings. The van der Waals surface area contributed by atoms with Gasteiger partial charge in [-0.2, -0.15) is 0 Å². The Hall–Kier alpha value is -0.0800. The third-order valence-electron chi connectivity index (χ3n) is 2.82. The predicted molar refractivity (Wildman–Crippen MR) is 46.6 cm³/mol. The number of hydrogen-bond donors (Lipinski definition) is 1. The van der Waals surface area contributed by atoms with Crippen LogP contribution >= 0.6 is 0 Å². The van der Waals surface area contributed by atoms with E-state index in [1.165, 1.54) is 25.7 Å². The van der Waals surface area contributed by atoms with E-state index in [9.17, 15) is 0 Å². The summed E-state index contributed by atoms with van der Waals surface area (Å²) >= 11 is 0. The molecule has 2 unspecified atom stereocenters. The number of hydrogen-bond acceptors (Lipinski definition) is 2. The van der Waals surface area contributed by atoms with Crippen molar-refractivity contribution in [3.05, 3.63) is 0 Å². The van der Waals surface area contributed by atoms with Gasteiger partial charge in [0, 0.05) is 12.1 Å². The minimum atomic E-state index is 0.330. The van der Waals surface area contributed by atoms with Gasteiger partial charge in [-0.1, -0.05) is 13.3 Å². The van der Waals surface area contributed by atoms with Crippen LogP contribution in [0.5, 0.6) is 0 Å². The van der Waals surface area contributed by atoms with E-state index in [1.54, 1.807) is 0 Å². The molecule has 0 aromatic rings. The summed E-state index contributed by atoms with van der Waals surface area (Å²) in [5, 5.41) is 8.98. The maximum absolute atomic E-state index is 8.98. The molecule has 1 aliphatic rings. The predicted octanol–water partition coefficient (Wildman–Crippen LogP) is 1.24. The summed E-state index contributed by atoms with van der Waals surface area (Å²) in [4.78, 5) is 2.34. The lowest BCUT2D eigenvalue weighted by Gasteiger charge is -2.23. The molecule has 0 aromatic heterocycles. The highest BCUT2D eigenvalue weighted by Crippen LogP contribution is 2.24. The van der Waals surface area contributed by atoms with Crippen LogP contribution in [-0.2, 0) is 0 Å². The highest BCUT2D eigenvalue weighted by molar-refractivity contribution is 4.84. The minimum Gasteiger partial charge on any atom is -0.395 e. The summed E-state index contributed by atoms with van der Waals surface area (Å²) in [6.07, 6.45) is 4.99. The minimum absolute atomic E-state index is 0.330. The number of likely N-dealkylation sites (tertiary alicyclic amines) is 1. The van der Waals surface area contributed by atoms with Crippen molar-refractivity contribution in [2.24, 2.45) is 0 Å². The summed E-state index contributed by atoms with van der Waals surface area (Å²) < 4.78 is 0. The molecular weight excluding hydrogens is 138 g/mol. The van der Waals surface area contributed by atoms with E-state index in [-0.39, 0.29) is 0 Å². The maximum atomic E-state index is 8.98. The Morgan fingerprint density at radius 3 is 2.45 bits per heavy atom. The monoisotopic (exact) mass is 157 g/mol. The van der Waals surface area contributed by atoms with Gasteiger partial charge in [-0.25, -0.2) is 0 Å². The van der Waals surface area contributed by atoms with Gasteiger partial charge in [0.1, 0.15) is 0 Å². The Morgan fingerprint density at radius 2 is 2.00 bits per heavy atom. The van der Waals surface area contributed by atoms with Crippen LogP contribution in [0.15, 0.2) is 0 Å². The molecule has 0 saturated carbocycles. The van der Waals surface area contributed by atoms with Crippen molar-refractivity contribution >= 4 is 0 Å². The van der Waals surface area contributed by atoms with E-state index >= 15 is 0 Å². The van der Waals surface area contributed by atoms with Gasteiger partial charge in [0.2, 0.25) is 0 Å². The molecule has 0 spiro atoms. The van der Waals surface area contributed by atoms with Gasteiger partial charge in [0.15, 0.2) is 0 Å². The quantitative estimate of drug-likeness (QED) is 0.666. The first-order valence-corrected chi connectivity index (χ1v) is 4.62. The second-order valence-electron chi connectivity index (χ2n) is 3.52. The van der Waals surface area contributed by atoms with Crippen LogP contribution in [0.2, 0.25) is 0 Å². The molecule has 2 nitrogen and oxygen atoms in total. The second kappa shape index (κ2) is 4.07. The first-order chi connectivity index (χ1) is 5.29. The first-order valence-electron chi connectivity index (χ1n) is 4.62. The third kappa shape index (κ3) is 1.94. The van der Waals surface area contributed by atoms with Gasteiger partial charge < -0.3 is 5.11 Å². The number of likely N-dealkylation sites (N-methyl/N-ethyl adjacent to an activating group) is 1. The van der Waals surface area contributed by atoms with Gasteiger partial charge in [0.05, 0.1) is 6.61 Å². The molecule has 1 N–H and O–H groups in total. The number of rotatable bonds is 3. The Kier molecular flexibility index (Phi) is 3.34. The summed E-state index contributed by atoms with van der Waals surface area (Å²) in [6.45, 7) is 2.55. The molecule has 0 aromatic carbocycles. The molecule has 1 heterocycles. The molecule has 0 amide bonds. The summed E-state index contributed by atoms with van der Waals surface area (Å²) in [5.41, 5.74) is 0. The molecule has 2 atom stereocenters. The van der Waals surface area contributed by atoms with Gasteiger partial charge in [-0.05, 0) is 26.3 Å². The van der Waals surface area contributed by atoms with Crippen molar-refractivity contribution in [2.45, 2.75) is 44.7 Å². The third-order valence-corrected chi connectivity index (χ3v) is 2.82. The van der Waals surface area contributed by atoms with E-state index in [4.69, 9.17) is 5.11 Å². The Morgan fingerprint density at radius 1 is 1.36 bits per heavy atom. The first kappa shape index (κ1) is 9.01. The zero-order chi connectivity index (χ0) is 8.27. The fourth-order valence-electron chi connectivity index (χ4n) is 1.99. The molecule has 2 heteroatoms. The van der Waals surface area contributed by atoms with Crippen molar-refractivity contribution in [1.82, 2.24) is 4.90 Å². The summed E-state index contributed by atoms with van der Waals surface area (Å²) in [5.74, 6) is 0. The molecular formula is C9H19NO. The topological polar surface area (TPSA) is 23.5 Å². The number of aliphatic hydroxyl groups is 1. The average Bonchev–Trinajstić information content (AvgIpc) is 2.34. The summed E-state index contributed by atoms with van der Waals surface area (Å²) in [6, 6.07) is 1.17. The lowest BCUT2D eigenvalue weighted by molar-refractivity contribution is 0.152. The van der Waals surface area contributed by atoms with Crippen molar-refractivity contribution in [1.29, 1.82) is 0 Å². The highest BCUT2D eigenvalue weighted by Gasteiger charge is 2.28. The van der Waals surface area contributed by atoms with E-state index in [2.05, 4.69) is 18.9 Å². The summed E-state index contributed by atoms with van der Waals surface area (Å²) in [7, 11) is 2.13. The number of aliphatic hydroxyl groups excluding tert-OH is 1. The van der Waals surface area contributed by atoms with Crippen LogP contribution < -0.4 is 0 Å². The fourth-order valence-corrected chi connectivity index (χ4v) is 1.99. The molecule has 66 valence electrons. The highest BCUT2D eigenvalue weighted by atomic mass is 16.3. The van der Waals surface area contributed by atoms with Crippen LogP contribution in [0, 0.1) is 0 Å². The van der Waals surface area contributed by atoms with Gasteiger partial charge in [-0.15, -0.1) is 0 Å². The van der Waals surface area contributed by atoms with Gasteiger partial charge >= 0.3 is 0 Å². The lowest BCUT2D eigenvalue weighted by atomic mass is 10.1. The van der Waals surface area contributed by atoms with Crippen LogP contribution in [0.3, 0.4) is 0 Å². The fraction of sp³-hybridized carbons (Fsp3) is 1.00. The Balaban J connectivity index is 2.35. The SMILES string of the molecule is CCCC1CCC(CO)N1C. The zero-order valence-electron chi connectivity index (χ0n) is 7.58. The molecule has 1 aliphatic heterocycles. The molecule has 11 heavy (non-hydrogen) atoms. The van der Waals surface area contributed by atoms with Crippen molar-refractivity contribution in [3.8, 4) is 0 Å². The van der Waals surface area contributed by atoms with Crippen LogP contribution in [0.1, 0.15) is 32.6 Å². The normalized spacial score (nSPS) is 33.0. The second-order valence-corrected chi connectivity index (χ2v) is 3.52. The van der Waals surface area contributed by atoms with Crippen molar-refractivity contribution < 1.29 is 5.11 Å². The molecule has 0 radical (unpaired) electrons. The smallest absolute Gasteiger partial charge is 0.0586 e. The van der Waals surface area contributed by atoms with E-state index < -0.39 is 0 Å². The number of nitrogens with zero attached hydrogens (tertiary/aromatic N) is 1. The maximum Gasteiger partial charge on any atom is 0.0586 e. The average molecular weight is 157 g/mol. The van der Waals surface area contributed by atoms with Crippen LogP contribution in [0.4, 0.5) is 0 Å². The van der Waals surface area contributed by atoms with E-state index in [0.717, 1.165) is 6.04 Å². The van der Waals surface area contributed by atoms with Crippen molar-refractivity contribution in [3.63, 3.8) is 0 Å². The van der Waals surface area contributed by atoms with E-state index in [1.807, 2.05) is 0 Å². The van der Waals surface area contributed by atoms with Crippen molar-refractivity contribution in [2.75, 3.05) is 13.7 Å². The molecule has 1 rings (SSSR count). The van der Waals surface area contributed by atoms with E-state index in [0.29, 0.717) is 12.6 Å². The Bertz CT molecular complexity index is 116. The lowest BCUT2D eigenvalue weighted by Crippen LogP contribution is -2.34. The van der Waals surface area contributed by atoms with Crippen LogP contribution in [0.25, 0.3) is 0 Å². The van der Waals surface area contributed by atoms with Crippen LogP contribution in [-0.4, -0.2) is 35.7 Å². The largest absolute Gasteiger partial charge is 0.395 e. The molecule has 1 saturated heterocycles. The molecule has 0 bridgehead atoms.